The average molecular weight is 373 g/mol. The van der Waals surface area contributed by atoms with E-state index in [0.29, 0.717) is 33.1 Å². The minimum Gasteiger partial charge on any atom is -0.454 e. The maximum atomic E-state index is 12.4. The van der Waals surface area contributed by atoms with Gasteiger partial charge in [0.2, 0.25) is 6.79 Å². The number of hydrazone groups is 1. The molecule has 0 saturated carbocycles. The van der Waals surface area contributed by atoms with Gasteiger partial charge in [-0.25, -0.2) is 4.98 Å². The number of ether oxygens (including phenoxy) is 2. The lowest BCUT2D eigenvalue weighted by molar-refractivity contribution is 0.173. The number of rotatable bonds is 3. The number of aliphatic hydroxyl groups excluding tert-OH is 1. The van der Waals surface area contributed by atoms with Crippen molar-refractivity contribution < 1.29 is 14.6 Å². The summed E-state index contributed by atoms with van der Waals surface area (Å²) in [7, 11) is 0. The van der Waals surface area contributed by atoms with Crippen LogP contribution in [0.15, 0.2) is 46.3 Å². The quantitative estimate of drug-likeness (QED) is 0.365. The van der Waals surface area contributed by atoms with Gasteiger partial charge in [-0.05, 0) is 35.9 Å². The lowest BCUT2D eigenvalue weighted by atomic mass is 10.0. The third kappa shape index (κ3) is 2.75. The first-order valence-electron chi connectivity index (χ1n) is 7.62. The number of fused-ring (bicyclic) bond motifs is 2. The highest BCUT2D eigenvalue weighted by molar-refractivity contribution is 6.31. The normalized spacial score (nSPS) is 14.6. The Balaban J connectivity index is 1.77. The van der Waals surface area contributed by atoms with Crippen LogP contribution in [0, 0.1) is 0 Å². The molecular weight excluding hydrogens is 360 g/mol. The van der Waals surface area contributed by atoms with Crippen molar-refractivity contribution in [3.63, 3.8) is 0 Å². The van der Waals surface area contributed by atoms with E-state index in [0.717, 1.165) is 0 Å². The molecule has 0 spiro atoms. The zero-order valence-electron chi connectivity index (χ0n) is 13.3. The molecule has 4 rings (SSSR count). The smallest absolute Gasteiger partial charge is 0.276 e. The maximum absolute atomic E-state index is 12.4. The number of aromatic nitrogens is 2. The first-order chi connectivity index (χ1) is 12.6. The number of benzene rings is 2. The van der Waals surface area contributed by atoms with Crippen LogP contribution in [0.3, 0.4) is 0 Å². The van der Waals surface area contributed by atoms with E-state index in [1.54, 1.807) is 36.4 Å². The van der Waals surface area contributed by atoms with Crippen LogP contribution in [0.4, 0.5) is 0 Å². The summed E-state index contributed by atoms with van der Waals surface area (Å²) in [5.74, 6) is 6.52. The van der Waals surface area contributed by atoms with Crippen LogP contribution >= 0.6 is 11.6 Å². The molecule has 1 aliphatic rings. The fraction of sp³-hybridized carbons (Fsp3) is 0.118. The van der Waals surface area contributed by atoms with Crippen molar-refractivity contribution >= 4 is 28.3 Å². The highest BCUT2D eigenvalue weighted by Crippen LogP contribution is 2.34. The Labute approximate surface area is 151 Å². The van der Waals surface area contributed by atoms with Gasteiger partial charge < -0.3 is 25.4 Å². The number of aromatic amines is 1. The molecule has 0 amide bonds. The minimum absolute atomic E-state index is 0.0676. The molecule has 4 N–H and O–H groups in total. The van der Waals surface area contributed by atoms with Gasteiger partial charge in [0.15, 0.2) is 17.2 Å². The number of hydrogen-bond acceptors (Lipinski definition) is 7. The Hall–Kier alpha value is -3.10. The van der Waals surface area contributed by atoms with E-state index in [1.165, 1.54) is 0 Å². The molecule has 1 aromatic heterocycles. The van der Waals surface area contributed by atoms with Gasteiger partial charge in [-0.2, -0.15) is 5.10 Å². The van der Waals surface area contributed by atoms with Crippen LogP contribution < -0.4 is 20.9 Å². The minimum atomic E-state index is -1.27. The number of nitrogens with zero attached hydrogens (tertiary/aromatic N) is 2. The Bertz CT molecular complexity index is 1100. The van der Waals surface area contributed by atoms with Crippen molar-refractivity contribution in [2.24, 2.45) is 10.9 Å². The second-order valence-corrected chi connectivity index (χ2v) is 6.04. The topological polar surface area (TPSA) is 123 Å². The van der Waals surface area contributed by atoms with Crippen molar-refractivity contribution in [1.29, 1.82) is 0 Å². The third-order valence-corrected chi connectivity index (χ3v) is 4.24. The average Bonchev–Trinajstić information content (AvgIpc) is 3.10. The van der Waals surface area contributed by atoms with Crippen LogP contribution in [-0.2, 0) is 0 Å². The van der Waals surface area contributed by atoms with Crippen LogP contribution in [0.25, 0.3) is 11.0 Å². The molecule has 26 heavy (non-hydrogen) atoms. The van der Waals surface area contributed by atoms with Crippen LogP contribution in [0.1, 0.15) is 17.4 Å². The predicted molar refractivity (Wildman–Crippen MR) is 95.6 cm³/mol. The van der Waals surface area contributed by atoms with Crippen LogP contribution in [0.2, 0.25) is 5.02 Å². The van der Waals surface area contributed by atoms with Crippen molar-refractivity contribution in [3.05, 3.63) is 63.0 Å². The molecule has 0 bridgehead atoms. The van der Waals surface area contributed by atoms with Crippen molar-refractivity contribution in [3.8, 4) is 11.5 Å². The van der Waals surface area contributed by atoms with Gasteiger partial charge in [0.05, 0.1) is 11.0 Å². The summed E-state index contributed by atoms with van der Waals surface area (Å²) in [4.78, 5) is 19.4. The standard InChI is InChI=1S/C17H13ClN4O4/c18-9-2-3-10-11(6-9)21-17(24)15(20-10)14(22-19)16(23)8-1-4-12-13(5-8)26-7-25-12/h1-6,16,23H,7,19H2,(H,21,24)/b22-14-/t16-/m0/s1. The zero-order chi connectivity index (χ0) is 18.3. The third-order valence-electron chi connectivity index (χ3n) is 4.01. The molecule has 0 unspecified atom stereocenters. The highest BCUT2D eigenvalue weighted by Gasteiger charge is 2.24. The van der Waals surface area contributed by atoms with Crippen LogP contribution in [0.5, 0.6) is 11.5 Å². The second-order valence-electron chi connectivity index (χ2n) is 5.61. The largest absolute Gasteiger partial charge is 0.454 e. The monoisotopic (exact) mass is 372 g/mol. The first kappa shape index (κ1) is 16.4. The van der Waals surface area contributed by atoms with Crippen molar-refractivity contribution in [2.75, 3.05) is 6.79 Å². The summed E-state index contributed by atoms with van der Waals surface area (Å²) in [6.45, 7) is 0.112. The van der Waals surface area contributed by atoms with Gasteiger partial charge in [-0.1, -0.05) is 17.7 Å². The Morgan fingerprint density at radius 3 is 2.88 bits per heavy atom. The highest BCUT2D eigenvalue weighted by atomic mass is 35.5. The van der Waals surface area contributed by atoms with E-state index in [1.807, 2.05) is 0 Å². The summed E-state index contributed by atoms with van der Waals surface area (Å²) in [5.41, 5.74) is 0.720. The van der Waals surface area contributed by atoms with Gasteiger partial charge in [-0.3, -0.25) is 4.79 Å². The number of aliphatic hydroxyl groups is 1. The SMILES string of the molecule is N/N=C(/c1nc2ccc(Cl)cc2[nH]c1=O)[C@@H](O)c1ccc2c(c1)OCO2. The summed E-state index contributed by atoms with van der Waals surface area (Å²) >= 11 is 5.92. The Kier molecular flexibility index (Phi) is 3.98. The van der Waals surface area contributed by atoms with E-state index in [2.05, 4.69) is 15.1 Å². The predicted octanol–water partition coefficient (Wildman–Crippen LogP) is 1.70. The number of H-pyrrole nitrogens is 1. The summed E-state index contributed by atoms with van der Waals surface area (Å²) in [6, 6.07) is 9.79. The Morgan fingerprint density at radius 1 is 1.27 bits per heavy atom. The van der Waals surface area contributed by atoms with E-state index in [-0.39, 0.29) is 18.2 Å². The van der Waals surface area contributed by atoms with E-state index in [4.69, 9.17) is 26.9 Å². The fourth-order valence-electron chi connectivity index (χ4n) is 2.73. The fourth-order valence-corrected chi connectivity index (χ4v) is 2.91. The molecule has 1 atom stereocenters. The lowest BCUT2D eigenvalue weighted by Crippen LogP contribution is -2.26. The number of hydrogen-bond donors (Lipinski definition) is 3. The van der Waals surface area contributed by atoms with Crippen molar-refractivity contribution in [2.45, 2.75) is 6.10 Å². The van der Waals surface area contributed by atoms with Crippen molar-refractivity contribution in [1.82, 2.24) is 9.97 Å². The summed E-state index contributed by atoms with van der Waals surface area (Å²) in [5, 5.41) is 14.8. The Morgan fingerprint density at radius 2 is 2.08 bits per heavy atom. The molecule has 2 heterocycles. The van der Waals surface area contributed by atoms with E-state index < -0.39 is 11.7 Å². The number of nitrogens with two attached hydrogens (primary N) is 1. The molecule has 132 valence electrons. The van der Waals surface area contributed by atoms with Gasteiger partial charge in [0.25, 0.3) is 5.56 Å². The maximum Gasteiger partial charge on any atom is 0.276 e. The molecule has 2 aromatic carbocycles. The van der Waals surface area contributed by atoms with Gasteiger partial charge in [-0.15, -0.1) is 0 Å². The molecule has 3 aromatic rings. The van der Waals surface area contributed by atoms with Gasteiger partial charge in [0, 0.05) is 5.02 Å². The molecule has 0 fully saturated rings. The zero-order valence-corrected chi connectivity index (χ0v) is 14.0. The molecule has 0 aliphatic carbocycles. The van der Waals surface area contributed by atoms with Gasteiger partial charge >= 0.3 is 0 Å². The molecule has 8 nitrogen and oxygen atoms in total. The molecule has 9 heteroatoms. The summed E-state index contributed by atoms with van der Waals surface area (Å²) in [6.07, 6.45) is -1.27. The number of halogens is 1. The van der Waals surface area contributed by atoms with E-state index >= 15 is 0 Å². The number of nitrogens with one attached hydrogen (secondary N) is 1. The molecule has 0 saturated heterocycles. The van der Waals surface area contributed by atoms with E-state index in [9.17, 15) is 9.90 Å². The molecule has 0 radical (unpaired) electrons. The summed E-state index contributed by atoms with van der Waals surface area (Å²) < 4.78 is 10.5. The second kappa shape index (κ2) is 6.32. The van der Waals surface area contributed by atoms with Gasteiger partial charge in [0.1, 0.15) is 11.8 Å². The lowest BCUT2D eigenvalue weighted by Gasteiger charge is -2.13. The molecular formula is C17H13ClN4O4. The first-order valence-corrected chi connectivity index (χ1v) is 8.00. The molecule has 1 aliphatic heterocycles. The van der Waals surface area contributed by atoms with Crippen LogP contribution in [-0.4, -0.2) is 27.6 Å².